The van der Waals surface area contributed by atoms with Crippen LogP contribution in [0, 0.1) is 0 Å². The van der Waals surface area contributed by atoms with Crippen LogP contribution in [0.3, 0.4) is 0 Å². The Morgan fingerprint density at radius 3 is 0.845 bits per heavy atom. The number of phenols is 4. The van der Waals surface area contributed by atoms with E-state index in [2.05, 4.69) is 245 Å². The smallest absolute Gasteiger partial charge is 0.300 e. The van der Waals surface area contributed by atoms with Crippen LogP contribution < -0.4 is 4.98 Å². The van der Waals surface area contributed by atoms with Crippen LogP contribution in [0.15, 0.2) is 194 Å². The minimum Gasteiger partial charge on any atom is -0.657 e. The number of hydrogen-bond donors (Lipinski definition) is 8. The Morgan fingerprint density at radius 1 is 0.271 bits per heavy atom. The minimum atomic E-state index is -0.833. The zero-order valence-corrected chi connectivity index (χ0v) is 79.4. The summed E-state index contributed by atoms with van der Waals surface area (Å²) in [6, 6.07) is 66.1. The molecule has 0 saturated heterocycles. The molecule has 0 saturated carbocycles. The molecule has 18 nitrogen and oxygen atoms in total. The number of aromatic hydroxyl groups is 4. The number of rotatable bonds is 2. The van der Waals surface area contributed by atoms with Gasteiger partial charge in [-0.2, -0.15) is 0 Å². The van der Waals surface area contributed by atoms with E-state index >= 15 is 0 Å². The Balaban J connectivity index is 0.000000217. The first-order valence-corrected chi connectivity index (χ1v) is 42.2. The number of nitrogens with one attached hydrogen (secondary N) is 1. The summed E-state index contributed by atoms with van der Waals surface area (Å²) >= 11 is 0. The summed E-state index contributed by atoms with van der Waals surface area (Å²) in [7, 11) is 0. The van der Waals surface area contributed by atoms with Crippen molar-refractivity contribution < 1.29 is 100 Å². The van der Waals surface area contributed by atoms with Crippen molar-refractivity contribution >= 4 is 173 Å². The van der Waals surface area contributed by atoms with Gasteiger partial charge in [0.1, 0.15) is 23.0 Å². The van der Waals surface area contributed by atoms with E-state index in [0.717, 1.165) is 126 Å². The second kappa shape index (κ2) is 36.9. The van der Waals surface area contributed by atoms with Crippen LogP contribution in [0.2, 0.25) is 0 Å². The van der Waals surface area contributed by atoms with Gasteiger partial charge in [0.05, 0.1) is 66.9 Å². The number of carboxylic acids is 3. The van der Waals surface area contributed by atoms with Crippen molar-refractivity contribution in [2.75, 3.05) is 0 Å². The van der Waals surface area contributed by atoms with Gasteiger partial charge < -0.3 is 45.7 Å². The third-order valence-corrected chi connectivity index (χ3v) is 22.9. The largest absolute Gasteiger partial charge is 0.657 e. The second-order valence-electron chi connectivity index (χ2n) is 38.8. The average Bonchev–Trinajstić information content (AvgIpc) is 1.74. The molecule has 8 aromatic carbocycles. The van der Waals surface area contributed by atoms with Gasteiger partial charge >= 0.3 is 0 Å². The standard InChI is InChI=1S/C51H48N4O2.C51H47N4O2.3C2H4O2.3Co/c2*1-49(2,3)31-16-12-28(13-17-31)44-42-22-20-38(52-42)34-24-32(50(4,5)6)26-36(47(34)56)40-18-14-29-10-11-30-15-19-41(55-46(30)45(29)54-40)37-27-33(51(7,8)9)25-35(48(37)57)39-21-23-43(44)53-39;3*1-2(3)4;;;/h10-27,52,56-57H,1-9H3;10-27H,1-9H3,(H2-,52,53,54,55,56,57);3*1H3,(H,3,4);;;/q;-1;;;;;;. The Hall–Kier alpha value is -12.6. The number of pyridine rings is 4. The first-order valence-electron chi connectivity index (χ1n) is 42.2. The average molecular weight is 1850 g/mol. The van der Waals surface area contributed by atoms with Gasteiger partial charge in [0.25, 0.3) is 17.9 Å². The van der Waals surface area contributed by atoms with Gasteiger partial charge in [-0.1, -0.05) is 234 Å². The number of fused-ring (bicyclic) bond motifs is 28. The van der Waals surface area contributed by atoms with Crippen molar-refractivity contribution in [3.63, 3.8) is 0 Å². The number of carbonyl (C=O) groups is 3. The van der Waals surface area contributed by atoms with Crippen molar-refractivity contribution in [3.05, 3.63) is 250 Å². The number of phenolic OH excluding ortho intramolecular Hbond substituents is 4. The van der Waals surface area contributed by atoms with Gasteiger partial charge in [-0.25, -0.2) is 29.9 Å². The maximum absolute atomic E-state index is 12.2. The van der Waals surface area contributed by atoms with Crippen LogP contribution in [0.4, 0.5) is 0 Å². The molecule has 0 aliphatic carbocycles. The van der Waals surface area contributed by atoms with Crippen molar-refractivity contribution in [2.45, 2.75) is 178 Å². The number of carboxylic acid groups (broad SMARTS) is 3. The Labute approximate surface area is 781 Å². The molecule has 2 aliphatic heterocycles. The first-order chi connectivity index (χ1) is 59.1. The molecule has 0 amide bonds. The number of benzene rings is 8. The Kier molecular flexibility index (Phi) is 27.7. The van der Waals surface area contributed by atoms with Crippen LogP contribution in [0.25, 0.3) is 177 Å². The van der Waals surface area contributed by atoms with E-state index in [0.29, 0.717) is 93.1 Å². The van der Waals surface area contributed by atoms with Crippen LogP contribution in [-0.2, 0) is 97.2 Å². The summed E-state index contributed by atoms with van der Waals surface area (Å²) < 4.78 is 0. The van der Waals surface area contributed by atoms with Crippen LogP contribution in [0.1, 0.15) is 202 Å². The van der Waals surface area contributed by atoms with E-state index < -0.39 is 17.9 Å². The second-order valence-corrected chi connectivity index (χ2v) is 38.8. The van der Waals surface area contributed by atoms with Crippen molar-refractivity contribution in [1.29, 1.82) is 0 Å². The molecule has 24 bridgehead atoms. The molecule has 18 rings (SSSR count). The molecule has 667 valence electrons. The fraction of sp³-hybridized carbons (Fsp3) is 0.250. The number of aromatic nitrogens is 8. The molecule has 16 aromatic rings. The van der Waals surface area contributed by atoms with E-state index in [1.54, 1.807) is 0 Å². The molecule has 8 aromatic heterocycles. The van der Waals surface area contributed by atoms with Gasteiger partial charge in [-0.05, 0) is 192 Å². The predicted octanol–water partition coefficient (Wildman–Crippen LogP) is 26.4. The molecular weight excluding hydrogens is 1750 g/mol. The van der Waals surface area contributed by atoms with Crippen molar-refractivity contribution in [1.82, 2.24) is 39.9 Å². The predicted molar refractivity (Wildman–Crippen MR) is 518 cm³/mol. The van der Waals surface area contributed by atoms with Gasteiger partial charge in [0.15, 0.2) is 0 Å². The maximum atomic E-state index is 12.2. The molecule has 0 unspecified atom stereocenters. The third-order valence-electron chi connectivity index (χ3n) is 22.9. The van der Waals surface area contributed by atoms with Gasteiger partial charge in [-0.15, -0.1) is 11.0 Å². The summed E-state index contributed by atoms with van der Waals surface area (Å²) in [6.45, 7) is 42.6. The molecule has 0 atom stereocenters. The van der Waals surface area contributed by atoms with Gasteiger partial charge in [0.2, 0.25) is 0 Å². The fourth-order valence-corrected chi connectivity index (χ4v) is 15.8. The molecular formula is C108H107Co3N8O10-. The van der Waals surface area contributed by atoms with E-state index in [1.807, 2.05) is 103 Å². The van der Waals surface area contributed by atoms with E-state index in [4.69, 9.17) is 64.6 Å². The Morgan fingerprint density at radius 2 is 0.519 bits per heavy atom. The maximum Gasteiger partial charge on any atom is 0.300 e. The number of aromatic amines is 1. The monoisotopic (exact) mass is 1850 g/mol. The first kappa shape index (κ1) is 97.0. The van der Waals surface area contributed by atoms with E-state index in [9.17, 15) is 20.4 Å². The third kappa shape index (κ3) is 20.4. The number of hydrogen-bond acceptors (Lipinski definition) is 13. The van der Waals surface area contributed by atoms with Crippen LogP contribution in [-0.4, -0.2) is 88.5 Å². The van der Waals surface area contributed by atoms with Crippen LogP contribution >= 0.6 is 0 Å². The van der Waals surface area contributed by atoms with Gasteiger partial charge in [-0.3, -0.25) is 14.4 Å². The summed E-state index contributed by atoms with van der Waals surface area (Å²) in [5.74, 6) is -1.99. The molecule has 2 aliphatic rings. The van der Waals surface area contributed by atoms with Crippen LogP contribution in [0.5, 0.6) is 23.0 Å². The molecule has 0 fully saturated rings. The molecule has 129 heavy (non-hydrogen) atoms. The van der Waals surface area contributed by atoms with E-state index in [1.165, 1.54) is 11.1 Å². The minimum absolute atomic E-state index is 0. The fourth-order valence-electron chi connectivity index (χ4n) is 15.8. The summed E-state index contributed by atoms with van der Waals surface area (Å²) in [4.78, 5) is 67.5. The topological polar surface area (TPSA) is 300 Å². The summed E-state index contributed by atoms with van der Waals surface area (Å²) in [6.07, 6.45) is 8.01. The summed E-state index contributed by atoms with van der Waals surface area (Å²) in [5, 5.41) is 80.0. The normalized spacial score (nSPS) is 12.1. The molecule has 8 N–H and O–H groups in total. The number of aliphatic carboxylic acids is 3. The van der Waals surface area contributed by atoms with Crippen molar-refractivity contribution in [3.8, 4) is 45.3 Å². The van der Waals surface area contributed by atoms with Gasteiger partial charge in [0, 0.05) is 152 Å². The summed E-state index contributed by atoms with van der Waals surface area (Å²) in [5.41, 5.74) is 20.8. The van der Waals surface area contributed by atoms with Crippen molar-refractivity contribution in [2.24, 2.45) is 0 Å². The molecule has 10 heterocycles. The number of H-pyrrole nitrogens is 1. The molecule has 0 spiro atoms. The zero-order valence-electron chi connectivity index (χ0n) is 76.3. The quantitative estimate of drug-likeness (QED) is 0.0746. The Bertz CT molecular complexity index is 7050. The SMILES string of the molecule is CC(=O)O.CC(=O)O.CC(=O)O.CC(C)(C)c1ccc(-c2c3nc(c4cc(C(C)(C)C)cc(c4O)c4ccc5ccc6ccc(nc6c5n4)c4cc(C(C)(C)C)cc(c4O)c4ccc2[n-]4)C=C3)cc1.CC(C)(C)c1ccc(-c2c3nc(c4cc(C(C)(C)C)cc(c4O)c4ccc5ccc6ccc(nc6c5n4)c4cc(C(C)(C)C)cc(c4O)c4ccc2[nH]4)C=C3)cc1.[Co].[Co].[Co]. The number of nitrogens with zero attached hydrogens (tertiary/aromatic N) is 7. The van der Waals surface area contributed by atoms with E-state index in [-0.39, 0.29) is 106 Å². The zero-order chi connectivity index (χ0) is 91.1. The molecule has 21 heteroatoms. The molecule has 3 radical (unpaired) electrons.